The molecule has 0 aliphatic carbocycles. The molecule has 0 aliphatic rings. The molecule has 1 nitrogen and oxygen atoms in total. The van der Waals surface area contributed by atoms with E-state index in [1.165, 1.54) is 0 Å². The Bertz CT molecular complexity index is 3410. The summed E-state index contributed by atoms with van der Waals surface area (Å²) < 4.78 is 89.2. The lowest BCUT2D eigenvalue weighted by molar-refractivity contribution is 1.30. The lowest BCUT2D eigenvalue weighted by Gasteiger charge is -2.31. The summed E-state index contributed by atoms with van der Waals surface area (Å²) in [6.07, 6.45) is 0. The normalized spacial score (nSPS) is 14.0. The number of hydrogen-bond donors (Lipinski definition) is 0. The van der Waals surface area contributed by atoms with Crippen LogP contribution in [-0.2, 0) is 0 Å². The van der Waals surface area contributed by atoms with Gasteiger partial charge in [-0.2, -0.15) is 0 Å². The number of benzene rings is 10. The fraction of sp³-hybridized carbons (Fsp3) is 0. The zero-order valence-corrected chi connectivity index (χ0v) is 28.4. The quantitative estimate of drug-likeness (QED) is 0.125. The predicted octanol–water partition coefficient (Wildman–Crippen LogP) is 14.8. The first-order valence-corrected chi connectivity index (χ1v) is 17.5. The summed E-state index contributed by atoms with van der Waals surface area (Å²) in [7, 11) is 0. The predicted molar refractivity (Wildman–Crippen MR) is 227 cm³/mol. The van der Waals surface area contributed by atoms with Crippen molar-refractivity contribution in [3.63, 3.8) is 0 Å². The maximum absolute atomic E-state index is 9.31. The summed E-state index contributed by atoms with van der Waals surface area (Å²) in [6, 6.07) is 45.0. The Balaban J connectivity index is 1.52. The third-order valence-corrected chi connectivity index (χ3v) is 9.96. The Kier molecular flexibility index (Phi) is 5.41. The van der Waals surface area contributed by atoms with Crippen molar-refractivity contribution >= 4 is 60.2 Å². The molecule has 0 N–H and O–H groups in total. The molecule has 0 amide bonds. The van der Waals surface area contributed by atoms with Gasteiger partial charge in [0.25, 0.3) is 0 Å². The van der Waals surface area contributed by atoms with Crippen LogP contribution in [0.3, 0.4) is 0 Å². The zero-order valence-electron chi connectivity index (χ0n) is 38.4. The first kappa shape index (κ1) is 22.1. The van der Waals surface area contributed by atoms with Crippen LogP contribution in [0.25, 0.3) is 76.5 Å². The van der Waals surface area contributed by atoms with E-state index < -0.39 is 36.3 Å². The third kappa shape index (κ3) is 5.17. The van der Waals surface area contributed by atoms with E-state index in [0.29, 0.717) is 32.7 Å². The van der Waals surface area contributed by atoms with Crippen molar-refractivity contribution in [1.29, 1.82) is 0 Å². The highest BCUT2D eigenvalue weighted by atomic mass is 15.1. The molecule has 0 aromatic heterocycles. The number of rotatable bonds is 6. The van der Waals surface area contributed by atoms with Crippen molar-refractivity contribution < 1.29 is 13.7 Å². The number of fused-ring (bicyclic) bond motifs is 5. The van der Waals surface area contributed by atoms with E-state index in [4.69, 9.17) is 8.22 Å². The Morgan fingerprint density at radius 3 is 1.21 bits per heavy atom. The van der Waals surface area contributed by atoms with Crippen LogP contribution in [0.15, 0.2) is 212 Å². The van der Waals surface area contributed by atoms with Gasteiger partial charge in [-0.15, -0.1) is 0 Å². The van der Waals surface area contributed by atoms with Crippen LogP contribution in [0.5, 0.6) is 0 Å². The van der Waals surface area contributed by atoms with Gasteiger partial charge >= 0.3 is 0 Å². The van der Waals surface area contributed by atoms with Crippen molar-refractivity contribution in [2.45, 2.75) is 0 Å². The van der Waals surface area contributed by atoms with Crippen molar-refractivity contribution in [2.75, 3.05) is 4.90 Å². The minimum Gasteiger partial charge on any atom is -0.309 e. The topological polar surface area (TPSA) is 3.24 Å². The van der Waals surface area contributed by atoms with Gasteiger partial charge in [0.15, 0.2) is 0 Å². The maximum Gasteiger partial charge on any atom is 0.0629 e. The molecule has 248 valence electrons. The molecule has 0 fully saturated rings. The molecule has 0 spiro atoms. The molecule has 10 rings (SSSR count). The Hall–Kier alpha value is -6.96. The molecule has 0 unspecified atom stereocenters. The minimum atomic E-state index is -0.520. The number of nitrogens with zero attached hydrogens (tertiary/aromatic N) is 1. The summed E-state index contributed by atoms with van der Waals surface area (Å²) in [5.41, 5.74) is 5.22. The van der Waals surface area contributed by atoms with Crippen molar-refractivity contribution in [1.82, 2.24) is 0 Å². The molecular weight excluding hydrogens is 639 g/mol. The second kappa shape index (κ2) is 13.0. The maximum atomic E-state index is 9.31. The zero-order chi connectivity index (χ0) is 43.8. The van der Waals surface area contributed by atoms with Crippen LogP contribution < -0.4 is 4.90 Å². The summed E-state index contributed by atoms with van der Waals surface area (Å²) in [4.78, 5) is 2.24. The van der Waals surface area contributed by atoms with Gasteiger partial charge in [0.2, 0.25) is 0 Å². The number of para-hydroxylation sites is 2. The van der Waals surface area contributed by atoms with E-state index >= 15 is 0 Å². The molecule has 0 aliphatic heterocycles. The van der Waals surface area contributed by atoms with E-state index in [-0.39, 0.29) is 35.3 Å². The van der Waals surface area contributed by atoms with E-state index in [2.05, 4.69) is 53.4 Å². The minimum absolute atomic E-state index is 0.00213. The van der Waals surface area contributed by atoms with E-state index in [0.717, 1.165) is 49.7 Å². The van der Waals surface area contributed by atoms with Gasteiger partial charge in [-0.25, -0.2) is 0 Å². The standard InChI is InChI=1S/C52H35N/c1-6-20-36(21-7-1)49-42-31-17-18-32-43(42)50(37-22-8-2-9-23-37)48-35-46-45(34-47(48)49)41-30-16-19-33-44(41)52(51(46)38-24-10-3-11-25-38)53(39-26-12-4-13-27-39)40-28-14-5-15-29-40/h1-35H/i1D,2D,6D,7D,8D,9D,20D,21D,22D,23D. The molecule has 10 aromatic carbocycles. The highest BCUT2D eigenvalue weighted by Gasteiger charge is 2.25. The molecule has 53 heavy (non-hydrogen) atoms. The van der Waals surface area contributed by atoms with Crippen LogP contribution in [0, 0.1) is 0 Å². The van der Waals surface area contributed by atoms with E-state index in [9.17, 15) is 5.48 Å². The van der Waals surface area contributed by atoms with Gasteiger partial charge in [0.05, 0.1) is 19.4 Å². The van der Waals surface area contributed by atoms with Gasteiger partial charge in [-0.1, -0.05) is 176 Å². The highest BCUT2D eigenvalue weighted by molar-refractivity contribution is 6.29. The molecular formula is C52H35N. The molecule has 0 heterocycles. The van der Waals surface area contributed by atoms with Gasteiger partial charge in [0, 0.05) is 22.3 Å². The molecule has 1 heteroatoms. The molecule has 10 aromatic rings. The SMILES string of the molecule is [2H]c1c([2H])c([2H])c(-c2c3ccccc3c(-c3c([2H])c([2H])c([2H])c([2H])c3[2H])c3cc4c(cc23)c(-c2ccccc2)c(N(c2ccccc2)c2ccccc2)c2ccccc24)c([2H])c1[2H]. The van der Waals surface area contributed by atoms with Crippen molar-refractivity contribution in [2.24, 2.45) is 0 Å². The highest BCUT2D eigenvalue weighted by Crippen LogP contribution is 2.52. The molecule has 0 radical (unpaired) electrons. The summed E-state index contributed by atoms with van der Waals surface area (Å²) in [5.74, 6) is 0. The van der Waals surface area contributed by atoms with Crippen LogP contribution in [0.2, 0.25) is 0 Å². The first-order valence-electron chi connectivity index (χ1n) is 22.5. The average Bonchev–Trinajstić information content (AvgIpc) is 3.32. The van der Waals surface area contributed by atoms with Crippen LogP contribution >= 0.6 is 0 Å². The van der Waals surface area contributed by atoms with Crippen molar-refractivity contribution in [3.05, 3.63) is 212 Å². The largest absolute Gasteiger partial charge is 0.309 e. The van der Waals surface area contributed by atoms with Crippen molar-refractivity contribution in [3.8, 4) is 33.4 Å². The monoisotopic (exact) mass is 683 g/mol. The first-order chi connectivity index (χ1) is 30.5. The number of anilines is 3. The third-order valence-electron chi connectivity index (χ3n) is 9.96. The summed E-state index contributed by atoms with van der Waals surface area (Å²) >= 11 is 0. The summed E-state index contributed by atoms with van der Waals surface area (Å²) in [5, 5.41) is 5.34. The molecule has 0 bridgehead atoms. The Morgan fingerprint density at radius 1 is 0.302 bits per heavy atom. The molecule has 0 saturated carbocycles. The van der Waals surface area contributed by atoms with Gasteiger partial charge < -0.3 is 4.90 Å². The summed E-state index contributed by atoms with van der Waals surface area (Å²) in [6.45, 7) is 0. The van der Waals surface area contributed by atoms with Crippen LogP contribution in [0.1, 0.15) is 13.7 Å². The Morgan fingerprint density at radius 2 is 0.698 bits per heavy atom. The smallest absolute Gasteiger partial charge is 0.0629 e. The number of hydrogen-bond acceptors (Lipinski definition) is 1. The lowest BCUT2D eigenvalue weighted by Crippen LogP contribution is -2.12. The van der Waals surface area contributed by atoms with Crippen LogP contribution in [-0.4, -0.2) is 0 Å². The van der Waals surface area contributed by atoms with E-state index in [1.54, 1.807) is 24.3 Å². The van der Waals surface area contributed by atoms with Gasteiger partial charge in [-0.3, -0.25) is 0 Å². The molecule has 0 saturated heterocycles. The molecule has 0 atom stereocenters. The van der Waals surface area contributed by atoms with Gasteiger partial charge in [-0.05, 0) is 102 Å². The second-order valence-electron chi connectivity index (χ2n) is 12.9. The average molecular weight is 684 g/mol. The lowest BCUT2D eigenvalue weighted by atomic mass is 9.82. The fourth-order valence-electron chi connectivity index (χ4n) is 7.82. The van der Waals surface area contributed by atoms with Crippen LogP contribution in [0.4, 0.5) is 17.1 Å². The van der Waals surface area contributed by atoms with Gasteiger partial charge in [0.1, 0.15) is 0 Å². The Labute approximate surface area is 323 Å². The fourth-order valence-corrected chi connectivity index (χ4v) is 7.82. The van der Waals surface area contributed by atoms with E-state index in [1.807, 2.05) is 78.9 Å². The second-order valence-corrected chi connectivity index (χ2v) is 12.9.